The topological polar surface area (TPSA) is 29.1 Å². The average molecular weight is 314 g/mol. The van der Waals surface area contributed by atoms with Crippen LogP contribution in [0.3, 0.4) is 0 Å². The zero-order valence-electron chi connectivity index (χ0n) is 10.7. The highest BCUT2D eigenvalue weighted by molar-refractivity contribution is 6.30. The van der Waals surface area contributed by atoms with Gasteiger partial charge in [-0.15, -0.1) is 0 Å². The number of carbonyl (C=O) groups is 1. The third kappa shape index (κ3) is 4.49. The number of carbonyl (C=O) groups excluding carboxylic acids is 1. The van der Waals surface area contributed by atoms with Gasteiger partial charge in [-0.05, 0) is 42.0 Å². The number of alkyl halides is 3. The van der Waals surface area contributed by atoms with Crippen LogP contribution in [0.4, 0.5) is 18.9 Å². The minimum absolute atomic E-state index is 0.0988. The van der Waals surface area contributed by atoms with E-state index in [1.807, 2.05) is 0 Å². The molecule has 1 N–H and O–H groups in total. The van der Waals surface area contributed by atoms with Crippen LogP contribution in [0.5, 0.6) is 0 Å². The van der Waals surface area contributed by atoms with E-state index in [2.05, 4.69) is 5.32 Å². The van der Waals surface area contributed by atoms with Gasteiger partial charge < -0.3 is 5.32 Å². The van der Waals surface area contributed by atoms with Gasteiger partial charge in [-0.2, -0.15) is 13.2 Å². The molecule has 2 nitrogen and oxygen atoms in total. The van der Waals surface area contributed by atoms with Gasteiger partial charge in [-0.25, -0.2) is 0 Å². The maximum atomic E-state index is 12.4. The van der Waals surface area contributed by atoms with Gasteiger partial charge in [-0.1, -0.05) is 23.7 Å². The van der Waals surface area contributed by atoms with Gasteiger partial charge in [0.15, 0.2) is 0 Å². The third-order valence-corrected chi connectivity index (χ3v) is 2.98. The number of rotatable bonds is 3. The molecule has 2 rings (SSSR count). The molecular formula is C15H11ClF3NO. The Morgan fingerprint density at radius 1 is 1.10 bits per heavy atom. The van der Waals surface area contributed by atoms with Crippen LogP contribution >= 0.6 is 11.6 Å². The van der Waals surface area contributed by atoms with E-state index in [4.69, 9.17) is 11.6 Å². The molecule has 0 fully saturated rings. The summed E-state index contributed by atoms with van der Waals surface area (Å²) >= 11 is 5.81. The maximum Gasteiger partial charge on any atom is 0.416 e. The molecule has 0 aliphatic rings. The fourth-order valence-corrected chi connectivity index (χ4v) is 1.99. The molecule has 1 amide bonds. The first-order valence-electron chi connectivity index (χ1n) is 6.06. The van der Waals surface area contributed by atoms with Crippen molar-refractivity contribution in [3.63, 3.8) is 0 Å². The van der Waals surface area contributed by atoms with Crippen molar-refractivity contribution < 1.29 is 18.0 Å². The second-order valence-electron chi connectivity index (χ2n) is 4.43. The van der Waals surface area contributed by atoms with Crippen molar-refractivity contribution in [3.05, 3.63) is 64.7 Å². The van der Waals surface area contributed by atoms with Crippen LogP contribution in [0.2, 0.25) is 5.02 Å². The Balaban J connectivity index is 2.00. The lowest BCUT2D eigenvalue weighted by atomic mass is 10.1. The van der Waals surface area contributed by atoms with Crippen molar-refractivity contribution in [2.45, 2.75) is 12.6 Å². The molecule has 0 aliphatic heterocycles. The van der Waals surface area contributed by atoms with Crippen LogP contribution in [0.1, 0.15) is 11.1 Å². The van der Waals surface area contributed by atoms with E-state index >= 15 is 0 Å². The van der Waals surface area contributed by atoms with E-state index in [1.165, 1.54) is 12.1 Å². The lowest BCUT2D eigenvalue weighted by molar-refractivity contribution is -0.137. The molecular weight excluding hydrogens is 303 g/mol. The Hall–Kier alpha value is -2.01. The van der Waals surface area contributed by atoms with E-state index in [1.54, 1.807) is 24.3 Å². The summed E-state index contributed by atoms with van der Waals surface area (Å²) in [7, 11) is 0. The molecule has 0 aliphatic carbocycles. The third-order valence-electron chi connectivity index (χ3n) is 2.75. The Labute approximate surface area is 124 Å². The Morgan fingerprint density at radius 3 is 2.33 bits per heavy atom. The molecule has 0 radical (unpaired) electrons. The molecule has 0 saturated heterocycles. The monoisotopic (exact) mass is 313 g/mol. The van der Waals surface area contributed by atoms with Crippen molar-refractivity contribution in [2.24, 2.45) is 0 Å². The van der Waals surface area contributed by atoms with E-state index in [9.17, 15) is 18.0 Å². The summed E-state index contributed by atoms with van der Waals surface area (Å²) in [4.78, 5) is 11.8. The molecule has 2 aromatic carbocycles. The summed E-state index contributed by atoms with van der Waals surface area (Å²) in [6, 6.07) is 11.1. The minimum Gasteiger partial charge on any atom is -0.326 e. The highest BCUT2D eigenvalue weighted by Crippen LogP contribution is 2.29. The van der Waals surface area contributed by atoms with Gasteiger partial charge in [0.05, 0.1) is 12.0 Å². The van der Waals surface area contributed by atoms with E-state index in [0.29, 0.717) is 10.7 Å². The molecule has 0 saturated carbocycles. The van der Waals surface area contributed by atoms with Crippen molar-refractivity contribution in [3.8, 4) is 0 Å². The minimum atomic E-state index is -4.39. The van der Waals surface area contributed by atoms with Crippen molar-refractivity contribution in [1.82, 2.24) is 0 Å². The number of halogens is 4. The maximum absolute atomic E-state index is 12.4. The lowest BCUT2D eigenvalue weighted by Crippen LogP contribution is -2.14. The fraction of sp³-hybridized carbons (Fsp3) is 0.133. The molecule has 0 heterocycles. The highest BCUT2D eigenvalue weighted by atomic mass is 35.5. The molecule has 110 valence electrons. The summed E-state index contributed by atoms with van der Waals surface area (Å²) in [5.74, 6) is -0.322. The summed E-state index contributed by atoms with van der Waals surface area (Å²) in [5, 5.41) is 3.06. The average Bonchev–Trinajstić information content (AvgIpc) is 2.38. The smallest absolute Gasteiger partial charge is 0.326 e. The second kappa shape index (κ2) is 6.18. The van der Waals surface area contributed by atoms with Gasteiger partial charge in [0.1, 0.15) is 0 Å². The zero-order chi connectivity index (χ0) is 15.5. The zero-order valence-corrected chi connectivity index (χ0v) is 11.5. The first-order chi connectivity index (χ1) is 9.84. The molecule has 0 atom stereocenters. The normalized spacial score (nSPS) is 11.2. The number of hydrogen-bond acceptors (Lipinski definition) is 1. The fourth-order valence-electron chi connectivity index (χ4n) is 1.78. The van der Waals surface area contributed by atoms with Crippen LogP contribution < -0.4 is 5.32 Å². The van der Waals surface area contributed by atoms with E-state index in [-0.39, 0.29) is 12.3 Å². The van der Waals surface area contributed by atoms with Crippen molar-refractivity contribution >= 4 is 23.2 Å². The number of nitrogens with one attached hydrogen (secondary N) is 1. The Morgan fingerprint density at radius 2 is 1.76 bits per heavy atom. The van der Waals surface area contributed by atoms with Crippen molar-refractivity contribution in [1.29, 1.82) is 0 Å². The Kier molecular flexibility index (Phi) is 4.53. The van der Waals surface area contributed by atoms with Crippen LogP contribution in [-0.2, 0) is 17.4 Å². The predicted molar refractivity (Wildman–Crippen MR) is 75.2 cm³/mol. The molecule has 6 heteroatoms. The van der Waals surface area contributed by atoms with Crippen LogP contribution in [0, 0.1) is 0 Å². The van der Waals surface area contributed by atoms with Gasteiger partial charge in [-0.3, -0.25) is 4.79 Å². The summed E-state index contributed by atoms with van der Waals surface area (Å²) in [6.07, 6.45) is -4.29. The molecule has 21 heavy (non-hydrogen) atoms. The molecule has 0 unspecified atom stereocenters. The first kappa shape index (κ1) is 15.4. The predicted octanol–water partition coefficient (Wildman–Crippen LogP) is 4.54. The van der Waals surface area contributed by atoms with Gasteiger partial charge in [0.2, 0.25) is 5.91 Å². The van der Waals surface area contributed by atoms with Gasteiger partial charge in [0, 0.05) is 10.7 Å². The van der Waals surface area contributed by atoms with Gasteiger partial charge >= 0.3 is 6.18 Å². The summed E-state index contributed by atoms with van der Waals surface area (Å²) < 4.78 is 37.2. The van der Waals surface area contributed by atoms with E-state index in [0.717, 1.165) is 17.7 Å². The van der Waals surface area contributed by atoms with Crippen LogP contribution in [0.25, 0.3) is 0 Å². The molecule has 0 spiro atoms. The quantitative estimate of drug-likeness (QED) is 0.885. The SMILES string of the molecule is O=C(Cc1cccc(Cl)c1)Nc1ccc(C(F)(F)F)cc1. The lowest BCUT2D eigenvalue weighted by Gasteiger charge is -2.09. The molecule has 0 bridgehead atoms. The van der Waals surface area contributed by atoms with Crippen LogP contribution in [0.15, 0.2) is 48.5 Å². The van der Waals surface area contributed by atoms with Crippen LogP contribution in [-0.4, -0.2) is 5.91 Å². The Bertz CT molecular complexity index is 638. The van der Waals surface area contributed by atoms with Gasteiger partial charge in [0.25, 0.3) is 0 Å². The standard InChI is InChI=1S/C15H11ClF3NO/c16-12-3-1-2-10(8-12)9-14(21)20-13-6-4-11(5-7-13)15(17,18)19/h1-8H,9H2,(H,20,21). The number of benzene rings is 2. The number of anilines is 1. The summed E-state index contributed by atoms with van der Waals surface area (Å²) in [5.41, 5.74) is 0.289. The molecule has 2 aromatic rings. The number of hydrogen-bond donors (Lipinski definition) is 1. The summed E-state index contributed by atoms with van der Waals surface area (Å²) in [6.45, 7) is 0. The molecule has 0 aromatic heterocycles. The largest absolute Gasteiger partial charge is 0.416 e. The number of amides is 1. The highest BCUT2D eigenvalue weighted by Gasteiger charge is 2.29. The van der Waals surface area contributed by atoms with E-state index < -0.39 is 11.7 Å². The second-order valence-corrected chi connectivity index (χ2v) is 4.87. The first-order valence-corrected chi connectivity index (χ1v) is 6.44. The van der Waals surface area contributed by atoms with Crippen molar-refractivity contribution in [2.75, 3.05) is 5.32 Å².